The lowest BCUT2D eigenvalue weighted by Gasteiger charge is -2.07. The number of halogens is 3. The zero-order valence-electron chi connectivity index (χ0n) is 9.85. The lowest BCUT2D eigenvalue weighted by Crippen LogP contribution is -2.10. The third kappa shape index (κ3) is 3.70. The van der Waals surface area contributed by atoms with Gasteiger partial charge in [0.2, 0.25) is 5.01 Å². The lowest BCUT2D eigenvalue weighted by atomic mass is 10.1. The first-order valence-corrected chi connectivity index (χ1v) is 7.09. The predicted molar refractivity (Wildman–Crippen MR) is 69.4 cm³/mol. The molecule has 0 fully saturated rings. The molecule has 20 heavy (non-hydrogen) atoms. The number of rotatable bonds is 4. The Bertz CT molecular complexity index is 627. The first-order chi connectivity index (χ1) is 9.36. The smallest absolute Gasteiger partial charge is 0.363 e. The van der Waals surface area contributed by atoms with E-state index in [2.05, 4.69) is 10.2 Å². The van der Waals surface area contributed by atoms with Crippen LogP contribution in [-0.4, -0.2) is 16.1 Å². The number of aromatic nitrogens is 2. The molecule has 4 nitrogen and oxygen atoms in total. The van der Waals surface area contributed by atoms with Gasteiger partial charge in [0.05, 0.1) is 5.56 Å². The van der Waals surface area contributed by atoms with Crippen LogP contribution < -0.4 is 5.73 Å². The molecular formula is C11H8F3N3OS2. The Morgan fingerprint density at radius 3 is 2.70 bits per heavy atom. The second-order valence-electron chi connectivity index (χ2n) is 3.72. The highest BCUT2D eigenvalue weighted by molar-refractivity contribution is 8.00. The Morgan fingerprint density at radius 1 is 1.35 bits per heavy atom. The zero-order chi connectivity index (χ0) is 14.8. The van der Waals surface area contributed by atoms with Gasteiger partial charge in [-0.15, -0.1) is 10.2 Å². The average Bonchev–Trinajstić information content (AvgIpc) is 2.85. The summed E-state index contributed by atoms with van der Waals surface area (Å²) >= 11 is 2.21. The van der Waals surface area contributed by atoms with Crippen LogP contribution in [0.25, 0.3) is 0 Å². The van der Waals surface area contributed by atoms with Crippen molar-refractivity contribution in [3.8, 4) is 0 Å². The molecule has 0 atom stereocenters. The number of thioether (sulfide) groups is 1. The number of amides is 1. The van der Waals surface area contributed by atoms with Gasteiger partial charge in [-0.1, -0.05) is 41.3 Å². The number of carbonyl (C=O) groups excluding carboxylic acids is 1. The molecule has 1 heterocycles. The fourth-order valence-electron chi connectivity index (χ4n) is 1.35. The van der Waals surface area contributed by atoms with Crippen LogP contribution in [0.2, 0.25) is 0 Å². The quantitative estimate of drug-likeness (QED) is 0.880. The maximum absolute atomic E-state index is 12.5. The molecule has 0 saturated heterocycles. The monoisotopic (exact) mass is 319 g/mol. The first kappa shape index (κ1) is 14.8. The molecule has 106 valence electrons. The van der Waals surface area contributed by atoms with Crippen LogP contribution in [0.3, 0.4) is 0 Å². The van der Waals surface area contributed by atoms with E-state index in [1.54, 1.807) is 6.07 Å². The summed E-state index contributed by atoms with van der Waals surface area (Å²) in [4.78, 5) is 10.8. The number of carbonyl (C=O) groups is 1. The van der Waals surface area contributed by atoms with Gasteiger partial charge >= 0.3 is 6.18 Å². The Kier molecular flexibility index (Phi) is 4.29. The van der Waals surface area contributed by atoms with Crippen LogP contribution in [0, 0.1) is 0 Å². The molecule has 0 saturated carbocycles. The molecule has 0 aliphatic carbocycles. The fourth-order valence-corrected chi connectivity index (χ4v) is 3.00. The molecule has 2 rings (SSSR count). The van der Waals surface area contributed by atoms with Crippen molar-refractivity contribution >= 4 is 29.0 Å². The highest BCUT2D eigenvalue weighted by Crippen LogP contribution is 2.31. The number of nitrogens with two attached hydrogens (primary N) is 1. The standard InChI is InChI=1S/C11H8F3N3OS2/c12-11(13,14)7-3-1-2-6(4-7)5-19-10-17-16-9(20-10)8(15)18/h1-4H,5H2,(H2,15,18). The minimum atomic E-state index is -4.36. The molecule has 0 unspecified atom stereocenters. The number of primary amides is 1. The summed E-state index contributed by atoms with van der Waals surface area (Å²) in [6, 6.07) is 5.05. The van der Waals surface area contributed by atoms with Crippen LogP contribution in [0.5, 0.6) is 0 Å². The lowest BCUT2D eigenvalue weighted by molar-refractivity contribution is -0.137. The highest BCUT2D eigenvalue weighted by atomic mass is 32.2. The van der Waals surface area contributed by atoms with Crippen molar-refractivity contribution < 1.29 is 18.0 Å². The van der Waals surface area contributed by atoms with Crippen molar-refractivity contribution in [2.24, 2.45) is 5.73 Å². The van der Waals surface area contributed by atoms with Gasteiger partial charge in [-0.3, -0.25) is 4.79 Å². The van der Waals surface area contributed by atoms with Gasteiger partial charge in [0, 0.05) is 5.75 Å². The van der Waals surface area contributed by atoms with E-state index in [1.807, 2.05) is 0 Å². The normalized spacial score (nSPS) is 11.6. The van der Waals surface area contributed by atoms with Gasteiger partial charge in [0.15, 0.2) is 4.34 Å². The van der Waals surface area contributed by atoms with E-state index >= 15 is 0 Å². The van der Waals surface area contributed by atoms with E-state index in [1.165, 1.54) is 17.8 Å². The van der Waals surface area contributed by atoms with Crippen LogP contribution >= 0.6 is 23.1 Å². The van der Waals surface area contributed by atoms with Gasteiger partial charge in [-0.05, 0) is 11.6 Å². The van der Waals surface area contributed by atoms with Crippen molar-refractivity contribution in [3.05, 3.63) is 40.4 Å². The number of hydrogen-bond acceptors (Lipinski definition) is 5. The summed E-state index contributed by atoms with van der Waals surface area (Å²) in [5.41, 5.74) is 4.86. The molecule has 9 heteroatoms. The Labute approximate surface area is 120 Å². The molecule has 0 aliphatic heterocycles. The second kappa shape index (κ2) is 5.80. The summed E-state index contributed by atoms with van der Waals surface area (Å²) in [7, 11) is 0. The maximum atomic E-state index is 12.5. The van der Waals surface area contributed by atoms with Crippen LogP contribution in [0.1, 0.15) is 20.9 Å². The predicted octanol–water partition coefficient (Wildman–Crippen LogP) is 2.95. The molecular weight excluding hydrogens is 311 g/mol. The van der Waals surface area contributed by atoms with Crippen LogP contribution in [0.4, 0.5) is 13.2 Å². The van der Waals surface area contributed by atoms with Crippen LogP contribution in [0.15, 0.2) is 28.6 Å². The molecule has 0 spiro atoms. The molecule has 0 bridgehead atoms. The Balaban J connectivity index is 2.05. The van der Waals surface area contributed by atoms with E-state index in [0.29, 0.717) is 15.7 Å². The van der Waals surface area contributed by atoms with Gasteiger partial charge in [0.25, 0.3) is 5.91 Å². The number of nitrogens with zero attached hydrogens (tertiary/aromatic N) is 2. The molecule has 1 aromatic carbocycles. The summed E-state index contributed by atoms with van der Waals surface area (Å²) in [6.07, 6.45) is -4.36. The second-order valence-corrected chi connectivity index (χ2v) is 5.92. The van der Waals surface area contributed by atoms with Gasteiger partial charge < -0.3 is 5.73 Å². The summed E-state index contributed by atoms with van der Waals surface area (Å²) in [5.74, 6) is -0.370. The fraction of sp³-hybridized carbons (Fsp3) is 0.182. The van der Waals surface area contributed by atoms with E-state index in [4.69, 9.17) is 5.73 Å². The highest BCUT2D eigenvalue weighted by Gasteiger charge is 2.30. The molecule has 1 amide bonds. The third-order valence-corrected chi connectivity index (χ3v) is 4.38. The summed E-state index contributed by atoms with van der Waals surface area (Å²) in [5, 5.41) is 7.39. The van der Waals surface area contributed by atoms with Crippen molar-refractivity contribution in [1.82, 2.24) is 10.2 Å². The number of benzene rings is 1. The molecule has 2 N–H and O–H groups in total. The molecule has 0 radical (unpaired) electrons. The van der Waals surface area contributed by atoms with Crippen molar-refractivity contribution in [3.63, 3.8) is 0 Å². The Morgan fingerprint density at radius 2 is 2.10 bits per heavy atom. The van der Waals surface area contributed by atoms with Crippen molar-refractivity contribution in [1.29, 1.82) is 0 Å². The molecule has 1 aromatic heterocycles. The molecule has 2 aromatic rings. The number of hydrogen-bond donors (Lipinski definition) is 1. The van der Waals surface area contributed by atoms with Gasteiger partial charge in [0.1, 0.15) is 0 Å². The Hall–Kier alpha value is -1.61. The first-order valence-electron chi connectivity index (χ1n) is 5.28. The van der Waals surface area contributed by atoms with E-state index in [-0.39, 0.29) is 5.01 Å². The van der Waals surface area contributed by atoms with Crippen LogP contribution in [-0.2, 0) is 11.9 Å². The SMILES string of the molecule is NC(=O)c1nnc(SCc2cccc(C(F)(F)F)c2)s1. The van der Waals surface area contributed by atoms with Crippen molar-refractivity contribution in [2.45, 2.75) is 16.3 Å². The third-order valence-electron chi connectivity index (χ3n) is 2.23. The van der Waals surface area contributed by atoms with E-state index < -0.39 is 17.6 Å². The minimum absolute atomic E-state index is 0.0801. The van der Waals surface area contributed by atoms with E-state index in [9.17, 15) is 18.0 Å². The largest absolute Gasteiger partial charge is 0.416 e. The topological polar surface area (TPSA) is 68.9 Å². The van der Waals surface area contributed by atoms with Crippen molar-refractivity contribution in [2.75, 3.05) is 0 Å². The van der Waals surface area contributed by atoms with Gasteiger partial charge in [-0.25, -0.2) is 0 Å². The summed E-state index contributed by atoms with van der Waals surface area (Å²) in [6.45, 7) is 0. The van der Waals surface area contributed by atoms with Gasteiger partial charge in [-0.2, -0.15) is 13.2 Å². The minimum Gasteiger partial charge on any atom is -0.363 e. The summed E-state index contributed by atoms with van der Waals surface area (Å²) < 4.78 is 38.1. The molecule has 0 aliphatic rings. The zero-order valence-corrected chi connectivity index (χ0v) is 11.5. The number of alkyl halides is 3. The average molecular weight is 319 g/mol. The maximum Gasteiger partial charge on any atom is 0.416 e. The van der Waals surface area contributed by atoms with E-state index in [0.717, 1.165) is 23.5 Å².